The van der Waals surface area contributed by atoms with Crippen molar-refractivity contribution < 1.29 is 23.8 Å². The molecule has 26 heavy (non-hydrogen) atoms. The second-order valence-electron chi connectivity index (χ2n) is 6.86. The summed E-state index contributed by atoms with van der Waals surface area (Å²) in [5.74, 6) is 1.58. The molecule has 0 bridgehead atoms. The summed E-state index contributed by atoms with van der Waals surface area (Å²) in [6.07, 6.45) is 1.80. The van der Waals surface area contributed by atoms with Crippen molar-refractivity contribution in [1.82, 2.24) is 9.80 Å². The number of piperazine rings is 1. The smallest absolute Gasteiger partial charge is 0.251 e. The van der Waals surface area contributed by atoms with E-state index in [9.17, 15) is 9.59 Å². The summed E-state index contributed by atoms with van der Waals surface area (Å²) in [5.41, 5.74) is 0.914. The van der Waals surface area contributed by atoms with E-state index in [0.717, 1.165) is 24.2 Å². The third-order valence-electron chi connectivity index (χ3n) is 5.11. The summed E-state index contributed by atoms with van der Waals surface area (Å²) in [4.78, 5) is 28.6. The molecule has 0 aromatic heterocycles. The van der Waals surface area contributed by atoms with Crippen molar-refractivity contribution >= 4 is 11.8 Å². The lowest BCUT2D eigenvalue weighted by molar-refractivity contribution is -0.145. The van der Waals surface area contributed by atoms with E-state index in [1.54, 1.807) is 0 Å². The van der Waals surface area contributed by atoms with E-state index >= 15 is 0 Å². The second kappa shape index (κ2) is 7.53. The Hall–Kier alpha value is -2.28. The molecule has 0 saturated carbocycles. The first kappa shape index (κ1) is 17.1. The summed E-state index contributed by atoms with van der Waals surface area (Å²) < 4.78 is 16.6. The van der Waals surface area contributed by atoms with Crippen LogP contribution in [0.4, 0.5) is 0 Å². The van der Waals surface area contributed by atoms with E-state index < -0.39 is 0 Å². The molecule has 1 aromatic carbocycles. The van der Waals surface area contributed by atoms with Gasteiger partial charge in [-0.05, 0) is 30.5 Å². The summed E-state index contributed by atoms with van der Waals surface area (Å²) in [5, 5.41) is 0. The first-order valence-corrected chi connectivity index (χ1v) is 9.27. The molecule has 2 saturated heterocycles. The number of amides is 2. The Morgan fingerprint density at radius 2 is 1.69 bits per heavy atom. The van der Waals surface area contributed by atoms with Gasteiger partial charge in [-0.25, -0.2) is 0 Å². The summed E-state index contributed by atoms with van der Waals surface area (Å²) in [7, 11) is 0. The highest BCUT2D eigenvalue weighted by Crippen LogP contribution is 2.31. The van der Waals surface area contributed by atoms with Gasteiger partial charge < -0.3 is 24.0 Å². The molecule has 0 N–H and O–H groups in total. The van der Waals surface area contributed by atoms with Crippen molar-refractivity contribution in [3.8, 4) is 11.5 Å². The van der Waals surface area contributed by atoms with Gasteiger partial charge in [0.1, 0.15) is 19.3 Å². The van der Waals surface area contributed by atoms with Crippen LogP contribution in [0.3, 0.4) is 0 Å². The zero-order valence-corrected chi connectivity index (χ0v) is 14.8. The van der Waals surface area contributed by atoms with Crippen LogP contribution in [0, 0.1) is 0 Å². The van der Waals surface area contributed by atoms with Crippen molar-refractivity contribution in [3.63, 3.8) is 0 Å². The highest BCUT2D eigenvalue weighted by atomic mass is 16.6. The van der Waals surface area contributed by atoms with Crippen LogP contribution in [-0.2, 0) is 20.7 Å². The molecule has 1 atom stereocenters. The maximum Gasteiger partial charge on any atom is 0.251 e. The lowest BCUT2D eigenvalue weighted by Crippen LogP contribution is -2.53. The molecule has 3 aliphatic rings. The van der Waals surface area contributed by atoms with Crippen LogP contribution in [0.5, 0.6) is 11.5 Å². The summed E-state index contributed by atoms with van der Waals surface area (Å²) >= 11 is 0. The Bertz CT molecular complexity index is 679. The van der Waals surface area contributed by atoms with Gasteiger partial charge in [-0.2, -0.15) is 0 Å². The van der Waals surface area contributed by atoms with Crippen LogP contribution in [0.25, 0.3) is 0 Å². The van der Waals surface area contributed by atoms with E-state index in [-0.39, 0.29) is 17.9 Å². The number of carbonyl (C=O) groups is 2. The number of hydrogen-bond donors (Lipinski definition) is 0. The third kappa shape index (κ3) is 3.62. The SMILES string of the molecule is O=C(Cc1ccc2c(c1)OCCO2)N1CCN(C(=O)[C@H]2CCCO2)CC1. The number of fused-ring (bicyclic) bond motifs is 1. The minimum Gasteiger partial charge on any atom is -0.486 e. The summed E-state index contributed by atoms with van der Waals surface area (Å²) in [6, 6.07) is 5.64. The minimum atomic E-state index is -0.282. The van der Waals surface area contributed by atoms with Gasteiger partial charge >= 0.3 is 0 Å². The molecular weight excluding hydrogens is 336 g/mol. The monoisotopic (exact) mass is 360 g/mol. The maximum atomic E-state index is 12.6. The molecule has 140 valence electrons. The fourth-order valence-electron chi connectivity index (χ4n) is 3.64. The first-order valence-electron chi connectivity index (χ1n) is 9.27. The van der Waals surface area contributed by atoms with Crippen LogP contribution in [-0.4, -0.2) is 73.7 Å². The molecular formula is C19H24N2O5. The van der Waals surface area contributed by atoms with Crippen LogP contribution in [0.2, 0.25) is 0 Å². The number of nitrogens with zero attached hydrogens (tertiary/aromatic N) is 2. The number of benzene rings is 1. The Morgan fingerprint density at radius 3 is 2.42 bits per heavy atom. The van der Waals surface area contributed by atoms with Crippen molar-refractivity contribution in [2.45, 2.75) is 25.4 Å². The normalized spacial score (nSPS) is 22.4. The van der Waals surface area contributed by atoms with Gasteiger partial charge in [0.25, 0.3) is 5.91 Å². The Morgan fingerprint density at radius 1 is 0.962 bits per heavy atom. The van der Waals surface area contributed by atoms with Gasteiger partial charge in [0.15, 0.2) is 11.5 Å². The molecule has 7 nitrogen and oxygen atoms in total. The van der Waals surface area contributed by atoms with Gasteiger partial charge in [-0.15, -0.1) is 0 Å². The molecule has 3 aliphatic heterocycles. The Labute approximate surface area is 152 Å². The molecule has 0 spiro atoms. The van der Waals surface area contributed by atoms with Gasteiger partial charge in [0.05, 0.1) is 6.42 Å². The van der Waals surface area contributed by atoms with Gasteiger partial charge in [0.2, 0.25) is 5.91 Å². The second-order valence-corrected chi connectivity index (χ2v) is 6.86. The molecule has 1 aromatic rings. The van der Waals surface area contributed by atoms with Crippen molar-refractivity contribution in [1.29, 1.82) is 0 Å². The molecule has 0 aliphatic carbocycles. The van der Waals surface area contributed by atoms with Gasteiger partial charge in [0, 0.05) is 32.8 Å². The average Bonchev–Trinajstić information content (AvgIpc) is 3.22. The standard InChI is InChI=1S/C19H24N2O5/c22-18(13-14-3-4-15-17(12-14)26-11-10-25-15)20-5-7-21(8-6-20)19(23)16-2-1-9-24-16/h3-4,12,16H,1-2,5-11,13H2/t16-/m1/s1. The highest BCUT2D eigenvalue weighted by Gasteiger charge is 2.31. The van der Waals surface area contributed by atoms with E-state index in [1.807, 2.05) is 28.0 Å². The fourth-order valence-corrected chi connectivity index (χ4v) is 3.64. The zero-order chi connectivity index (χ0) is 17.9. The molecule has 7 heteroatoms. The van der Waals surface area contributed by atoms with Crippen molar-refractivity contribution in [2.75, 3.05) is 46.0 Å². The fraction of sp³-hybridized carbons (Fsp3) is 0.579. The van der Waals surface area contributed by atoms with Crippen LogP contribution < -0.4 is 9.47 Å². The molecule has 2 amide bonds. The van der Waals surface area contributed by atoms with E-state index in [4.69, 9.17) is 14.2 Å². The largest absolute Gasteiger partial charge is 0.486 e. The van der Waals surface area contributed by atoms with Crippen LogP contribution >= 0.6 is 0 Å². The maximum absolute atomic E-state index is 12.6. The lowest BCUT2D eigenvalue weighted by atomic mass is 10.1. The van der Waals surface area contributed by atoms with Crippen LogP contribution in [0.15, 0.2) is 18.2 Å². The predicted molar refractivity (Wildman–Crippen MR) is 93.3 cm³/mol. The average molecular weight is 360 g/mol. The van der Waals surface area contributed by atoms with Crippen LogP contribution in [0.1, 0.15) is 18.4 Å². The van der Waals surface area contributed by atoms with Gasteiger partial charge in [-0.1, -0.05) is 6.07 Å². The van der Waals surface area contributed by atoms with E-state index in [0.29, 0.717) is 58.2 Å². The predicted octanol–water partition coefficient (Wildman–Crippen LogP) is 0.850. The van der Waals surface area contributed by atoms with E-state index in [1.165, 1.54) is 0 Å². The number of rotatable bonds is 3. The lowest BCUT2D eigenvalue weighted by Gasteiger charge is -2.35. The first-order chi connectivity index (χ1) is 12.7. The zero-order valence-electron chi connectivity index (χ0n) is 14.8. The molecule has 0 radical (unpaired) electrons. The number of carbonyl (C=O) groups excluding carboxylic acids is 2. The topological polar surface area (TPSA) is 68.3 Å². The minimum absolute atomic E-state index is 0.0708. The summed E-state index contributed by atoms with van der Waals surface area (Å²) in [6.45, 7) is 4.05. The van der Waals surface area contributed by atoms with Crippen molar-refractivity contribution in [3.05, 3.63) is 23.8 Å². The molecule has 0 unspecified atom stereocenters. The van der Waals surface area contributed by atoms with E-state index in [2.05, 4.69) is 0 Å². The quantitative estimate of drug-likeness (QED) is 0.799. The van der Waals surface area contributed by atoms with Gasteiger partial charge in [-0.3, -0.25) is 9.59 Å². The molecule has 4 rings (SSSR count). The Kier molecular flexibility index (Phi) is 4.97. The molecule has 2 fully saturated rings. The van der Waals surface area contributed by atoms with Crippen molar-refractivity contribution in [2.24, 2.45) is 0 Å². The third-order valence-corrected chi connectivity index (χ3v) is 5.11. The number of hydrogen-bond acceptors (Lipinski definition) is 5. The molecule has 3 heterocycles. The number of ether oxygens (including phenoxy) is 3. The Balaban J connectivity index is 1.30. The highest BCUT2D eigenvalue weighted by molar-refractivity contribution is 5.82.